The van der Waals surface area contributed by atoms with E-state index in [1.165, 1.54) is 6.08 Å². The number of aldehydes is 1. The fourth-order valence-electron chi connectivity index (χ4n) is 1.04. The van der Waals surface area contributed by atoms with E-state index < -0.39 is 18.1 Å². The maximum atomic E-state index is 10.2. The predicted octanol–water partition coefficient (Wildman–Crippen LogP) is -0.517. The van der Waals surface area contributed by atoms with Gasteiger partial charge in [0.2, 0.25) is 0 Å². The van der Waals surface area contributed by atoms with Gasteiger partial charge in [-0.2, -0.15) is 0 Å². The van der Waals surface area contributed by atoms with E-state index in [2.05, 4.69) is 0 Å². The Morgan fingerprint density at radius 1 is 1.50 bits per heavy atom. The van der Waals surface area contributed by atoms with Gasteiger partial charge in [-0.1, -0.05) is 12.2 Å². The molecule has 0 bridgehead atoms. The van der Waals surface area contributed by atoms with Gasteiger partial charge >= 0.3 is 0 Å². The zero-order chi connectivity index (χ0) is 7.56. The third-order valence-electron chi connectivity index (χ3n) is 1.71. The summed E-state index contributed by atoms with van der Waals surface area (Å²) in [6.45, 7) is 0. The van der Waals surface area contributed by atoms with Crippen LogP contribution < -0.4 is 0 Å². The van der Waals surface area contributed by atoms with Crippen LogP contribution in [0, 0.1) is 5.92 Å². The average molecular weight is 142 g/mol. The molecule has 0 radical (unpaired) electrons. The molecule has 56 valence electrons. The zero-order valence-corrected chi connectivity index (χ0v) is 5.47. The summed E-state index contributed by atoms with van der Waals surface area (Å²) in [5.74, 6) is -0.634. The molecule has 0 aliphatic heterocycles. The molecule has 3 unspecified atom stereocenters. The van der Waals surface area contributed by atoms with Crippen molar-refractivity contribution in [2.75, 3.05) is 0 Å². The smallest absolute Gasteiger partial charge is 0.128 e. The topological polar surface area (TPSA) is 57.5 Å². The maximum Gasteiger partial charge on any atom is 0.128 e. The first kappa shape index (κ1) is 7.44. The van der Waals surface area contributed by atoms with Crippen molar-refractivity contribution in [3.8, 4) is 0 Å². The summed E-state index contributed by atoms with van der Waals surface area (Å²) in [5.41, 5.74) is 0. The Morgan fingerprint density at radius 2 is 2.20 bits per heavy atom. The largest absolute Gasteiger partial charge is 0.392 e. The first-order valence-electron chi connectivity index (χ1n) is 3.24. The standard InChI is InChI=1S/C7H10O3/c8-4-5-6(9)2-1-3-7(5)10/h1-2,4-7,9-10H,3H2. The quantitative estimate of drug-likeness (QED) is 0.382. The molecule has 0 amide bonds. The van der Waals surface area contributed by atoms with Gasteiger partial charge in [0.1, 0.15) is 6.29 Å². The van der Waals surface area contributed by atoms with E-state index in [1.807, 2.05) is 0 Å². The Hall–Kier alpha value is -0.670. The molecule has 1 aliphatic carbocycles. The fourth-order valence-corrected chi connectivity index (χ4v) is 1.04. The highest BCUT2D eigenvalue weighted by molar-refractivity contribution is 5.56. The van der Waals surface area contributed by atoms with Crippen LogP contribution in [0.3, 0.4) is 0 Å². The lowest BCUT2D eigenvalue weighted by Gasteiger charge is -2.23. The molecule has 10 heavy (non-hydrogen) atoms. The van der Waals surface area contributed by atoms with E-state index in [-0.39, 0.29) is 0 Å². The fraction of sp³-hybridized carbons (Fsp3) is 0.571. The highest BCUT2D eigenvalue weighted by Gasteiger charge is 2.26. The molecule has 0 saturated carbocycles. The van der Waals surface area contributed by atoms with Crippen LogP contribution in [0.25, 0.3) is 0 Å². The van der Waals surface area contributed by atoms with E-state index in [9.17, 15) is 4.79 Å². The lowest BCUT2D eigenvalue weighted by Crippen LogP contribution is -2.34. The Labute approximate surface area is 59.0 Å². The Kier molecular flexibility index (Phi) is 2.19. The molecule has 1 aliphatic rings. The molecule has 1 rings (SSSR count). The summed E-state index contributed by atoms with van der Waals surface area (Å²) >= 11 is 0. The van der Waals surface area contributed by atoms with Crippen LogP contribution in [0.15, 0.2) is 12.2 Å². The molecule has 0 spiro atoms. The lowest BCUT2D eigenvalue weighted by atomic mass is 9.90. The van der Waals surface area contributed by atoms with Crippen LogP contribution in [0.4, 0.5) is 0 Å². The van der Waals surface area contributed by atoms with E-state index in [4.69, 9.17) is 10.2 Å². The summed E-state index contributed by atoms with van der Waals surface area (Å²) in [6.07, 6.45) is 2.75. The van der Waals surface area contributed by atoms with Gasteiger partial charge in [0.25, 0.3) is 0 Å². The minimum atomic E-state index is -0.804. The van der Waals surface area contributed by atoms with Gasteiger partial charge in [-0.3, -0.25) is 0 Å². The van der Waals surface area contributed by atoms with Crippen molar-refractivity contribution in [3.05, 3.63) is 12.2 Å². The van der Waals surface area contributed by atoms with Crippen molar-refractivity contribution in [1.29, 1.82) is 0 Å². The number of aliphatic hydroxyl groups is 2. The third kappa shape index (κ3) is 1.25. The number of carbonyl (C=O) groups excluding carboxylic acids is 1. The van der Waals surface area contributed by atoms with E-state index in [0.717, 1.165) is 0 Å². The monoisotopic (exact) mass is 142 g/mol. The second-order valence-corrected chi connectivity index (χ2v) is 2.44. The van der Waals surface area contributed by atoms with Crippen LogP contribution >= 0.6 is 0 Å². The third-order valence-corrected chi connectivity index (χ3v) is 1.71. The molecular formula is C7H10O3. The molecule has 2 N–H and O–H groups in total. The molecule has 0 heterocycles. The van der Waals surface area contributed by atoms with Gasteiger partial charge in [0.05, 0.1) is 18.1 Å². The Morgan fingerprint density at radius 3 is 2.60 bits per heavy atom. The molecule has 0 fully saturated rings. The van der Waals surface area contributed by atoms with Gasteiger partial charge in [0, 0.05) is 0 Å². The van der Waals surface area contributed by atoms with Crippen LogP contribution in [0.5, 0.6) is 0 Å². The molecule has 0 saturated heterocycles. The molecule has 0 aromatic rings. The Balaban J connectivity index is 2.67. The van der Waals surface area contributed by atoms with Gasteiger partial charge < -0.3 is 15.0 Å². The van der Waals surface area contributed by atoms with Crippen molar-refractivity contribution in [2.45, 2.75) is 18.6 Å². The van der Waals surface area contributed by atoms with Gasteiger partial charge in [-0.25, -0.2) is 0 Å². The summed E-state index contributed by atoms with van der Waals surface area (Å²) < 4.78 is 0. The summed E-state index contributed by atoms with van der Waals surface area (Å²) in [4.78, 5) is 10.2. The maximum absolute atomic E-state index is 10.2. The van der Waals surface area contributed by atoms with Crippen molar-refractivity contribution >= 4 is 6.29 Å². The number of hydrogen-bond donors (Lipinski definition) is 2. The first-order valence-corrected chi connectivity index (χ1v) is 3.24. The van der Waals surface area contributed by atoms with E-state index >= 15 is 0 Å². The van der Waals surface area contributed by atoms with Crippen LogP contribution in [0.2, 0.25) is 0 Å². The first-order chi connectivity index (χ1) is 4.75. The van der Waals surface area contributed by atoms with Crippen molar-refractivity contribution in [3.63, 3.8) is 0 Å². The summed E-state index contributed by atoms with van der Waals surface area (Å²) in [7, 11) is 0. The van der Waals surface area contributed by atoms with Gasteiger partial charge in [-0.05, 0) is 6.42 Å². The number of aliphatic hydroxyl groups excluding tert-OH is 2. The number of carbonyl (C=O) groups is 1. The van der Waals surface area contributed by atoms with Crippen molar-refractivity contribution < 1.29 is 15.0 Å². The normalized spacial score (nSPS) is 39.6. The molecule has 3 nitrogen and oxygen atoms in total. The second-order valence-electron chi connectivity index (χ2n) is 2.44. The minimum Gasteiger partial charge on any atom is -0.392 e. The SMILES string of the molecule is O=CC1C(O)C=CCC1O. The molecule has 0 aromatic heterocycles. The minimum absolute atomic E-state index is 0.459. The van der Waals surface area contributed by atoms with Crippen molar-refractivity contribution in [1.82, 2.24) is 0 Å². The number of hydrogen-bond acceptors (Lipinski definition) is 3. The van der Waals surface area contributed by atoms with E-state index in [1.54, 1.807) is 6.08 Å². The highest BCUT2D eigenvalue weighted by atomic mass is 16.3. The highest BCUT2D eigenvalue weighted by Crippen LogP contribution is 2.16. The summed E-state index contributed by atoms with van der Waals surface area (Å²) in [5, 5.41) is 18.2. The average Bonchev–Trinajstić information content (AvgIpc) is 1.88. The van der Waals surface area contributed by atoms with Crippen LogP contribution in [-0.2, 0) is 4.79 Å². The molecule has 0 aromatic carbocycles. The van der Waals surface area contributed by atoms with Crippen LogP contribution in [-0.4, -0.2) is 28.7 Å². The molecule has 3 heteroatoms. The second kappa shape index (κ2) is 2.94. The lowest BCUT2D eigenvalue weighted by molar-refractivity contribution is -0.118. The van der Waals surface area contributed by atoms with Gasteiger partial charge in [-0.15, -0.1) is 0 Å². The van der Waals surface area contributed by atoms with Gasteiger partial charge in [0.15, 0.2) is 0 Å². The molecule has 3 atom stereocenters. The predicted molar refractivity (Wildman–Crippen MR) is 35.3 cm³/mol. The Bertz CT molecular complexity index is 153. The van der Waals surface area contributed by atoms with Crippen molar-refractivity contribution in [2.24, 2.45) is 5.92 Å². The van der Waals surface area contributed by atoms with E-state index in [0.29, 0.717) is 12.7 Å². The summed E-state index contributed by atoms with van der Waals surface area (Å²) in [6, 6.07) is 0. The van der Waals surface area contributed by atoms with Crippen LogP contribution in [0.1, 0.15) is 6.42 Å². The zero-order valence-electron chi connectivity index (χ0n) is 5.47. The number of rotatable bonds is 1. The molecular weight excluding hydrogens is 132 g/mol.